The minimum atomic E-state index is -2.35. The first kappa shape index (κ1) is 9.23. The van der Waals surface area contributed by atoms with Crippen molar-refractivity contribution >= 4 is 38.5 Å². The molecule has 0 amide bonds. The van der Waals surface area contributed by atoms with Crippen LogP contribution in [0.15, 0.2) is 40.3 Å². The highest BCUT2D eigenvalue weighted by atomic mass is 32.2. The van der Waals surface area contributed by atoms with Crippen LogP contribution in [-0.2, 0) is 10.3 Å². The van der Waals surface area contributed by atoms with Crippen molar-refractivity contribution in [1.29, 1.82) is 0 Å². The van der Waals surface area contributed by atoms with Crippen molar-refractivity contribution in [2.24, 2.45) is 9.98 Å². The van der Waals surface area contributed by atoms with E-state index in [4.69, 9.17) is 0 Å². The fourth-order valence-corrected chi connectivity index (χ4v) is 2.26. The summed E-state index contributed by atoms with van der Waals surface area (Å²) in [5.74, 6) is 0. The van der Waals surface area contributed by atoms with E-state index in [1.807, 2.05) is 24.3 Å². The van der Waals surface area contributed by atoms with E-state index in [1.54, 1.807) is 6.08 Å². The molecule has 2 aliphatic heterocycles. The lowest BCUT2D eigenvalue weighted by Crippen LogP contribution is -2.15. The summed E-state index contributed by atoms with van der Waals surface area (Å²) in [6, 6.07) is 7.54. The van der Waals surface area contributed by atoms with Crippen molar-refractivity contribution in [2.45, 2.75) is 0 Å². The molecule has 0 spiro atoms. The third kappa shape index (κ3) is 1.18. The van der Waals surface area contributed by atoms with Gasteiger partial charge in [-0.2, -0.15) is 8.42 Å². The fourth-order valence-electron chi connectivity index (χ4n) is 1.80. The molecule has 0 atom stereocenters. The van der Waals surface area contributed by atoms with Gasteiger partial charge in [-0.1, -0.05) is 18.2 Å². The number of para-hydroxylation sites is 1. The molecule has 0 radical (unpaired) electrons. The number of aliphatic imine (C=N–C) groups is 2. The van der Waals surface area contributed by atoms with Crippen molar-refractivity contribution in [1.82, 2.24) is 0 Å². The maximum absolute atomic E-state index is 11.0. The van der Waals surface area contributed by atoms with Gasteiger partial charge in [0.2, 0.25) is 15.3 Å². The molecule has 4 nitrogen and oxygen atoms in total. The summed E-state index contributed by atoms with van der Waals surface area (Å²) in [6.07, 6.45) is 3.27. The lowest BCUT2D eigenvalue weighted by atomic mass is 10.0. The second-order valence-electron chi connectivity index (χ2n) is 3.38. The minimum Gasteiger partial charge on any atom is -0.244 e. The van der Waals surface area contributed by atoms with E-state index in [1.165, 1.54) is 6.21 Å². The Labute approximate surface area is 93.2 Å². The van der Waals surface area contributed by atoms with Crippen LogP contribution in [-0.4, -0.2) is 25.3 Å². The maximum Gasteiger partial charge on any atom is 0.242 e. The predicted molar refractivity (Wildman–Crippen MR) is 63.9 cm³/mol. The van der Waals surface area contributed by atoms with E-state index < -0.39 is 10.3 Å². The van der Waals surface area contributed by atoms with E-state index in [2.05, 4.69) is 9.98 Å². The van der Waals surface area contributed by atoms with Gasteiger partial charge in [-0.25, -0.2) is 9.98 Å². The maximum atomic E-state index is 11.0. The predicted octanol–water partition coefficient (Wildman–Crippen LogP) is 1.25. The second-order valence-corrected chi connectivity index (χ2v) is 4.23. The number of hydrogen-bond acceptors (Lipinski definition) is 3. The van der Waals surface area contributed by atoms with E-state index >= 15 is 0 Å². The van der Waals surface area contributed by atoms with E-state index in [9.17, 15) is 8.42 Å². The smallest absolute Gasteiger partial charge is 0.242 e. The highest BCUT2D eigenvalue weighted by Crippen LogP contribution is 2.35. The standard InChI is InChI=1S/C11H6N2O2S/c14-16(15)11-10-8(5-6-12-11)7-3-1-2-4-9(7)13-10/h1-6H. The Hall–Kier alpha value is -2.01. The van der Waals surface area contributed by atoms with Crippen LogP contribution >= 0.6 is 0 Å². The molecule has 0 saturated carbocycles. The summed E-state index contributed by atoms with van der Waals surface area (Å²) in [5, 5.41) is 0. The number of allylic oxidation sites excluding steroid dienone is 1. The molecule has 5 heteroatoms. The summed E-state index contributed by atoms with van der Waals surface area (Å²) in [5.41, 5.74) is 3.01. The van der Waals surface area contributed by atoms with Gasteiger partial charge in [0.1, 0.15) is 5.71 Å². The molecule has 78 valence electrons. The van der Waals surface area contributed by atoms with Gasteiger partial charge < -0.3 is 0 Å². The summed E-state index contributed by atoms with van der Waals surface area (Å²) in [4.78, 5) is 8.12. The Balaban J connectivity index is 2.33. The van der Waals surface area contributed by atoms with Gasteiger partial charge in [0.05, 0.1) is 5.69 Å². The molecule has 0 aromatic heterocycles. The largest absolute Gasteiger partial charge is 0.244 e. The van der Waals surface area contributed by atoms with Gasteiger partial charge in [0, 0.05) is 17.4 Å². The average Bonchev–Trinajstić information content (AvgIpc) is 2.67. The highest BCUT2D eigenvalue weighted by Gasteiger charge is 2.26. The van der Waals surface area contributed by atoms with Crippen LogP contribution in [0.5, 0.6) is 0 Å². The van der Waals surface area contributed by atoms with Gasteiger partial charge >= 0.3 is 0 Å². The molecule has 1 aromatic carbocycles. The molecule has 2 aliphatic rings. The van der Waals surface area contributed by atoms with E-state index in [-0.39, 0.29) is 4.99 Å². The van der Waals surface area contributed by atoms with Crippen LogP contribution in [0.4, 0.5) is 5.69 Å². The summed E-state index contributed by atoms with van der Waals surface area (Å²) in [7, 11) is -2.35. The van der Waals surface area contributed by atoms with Gasteiger partial charge in [0.25, 0.3) is 0 Å². The van der Waals surface area contributed by atoms with Gasteiger partial charge in [-0.15, -0.1) is 0 Å². The van der Waals surface area contributed by atoms with Gasteiger partial charge in [-0.3, -0.25) is 0 Å². The topological polar surface area (TPSA) is 58.9 Å². The molecule has 0 bridgehead atoms. The third-order valence-electron chi connectivity index (χ3n) is 2.48. The first-order chi connectivity index (χ1) is 7.77. The van der Waals surface area contributed by atoms with Crippen molar-refractivity contribution in [3.8, 4) is 0 Å². The van der Waals surface area contributed by atoms with Crippen LogP contribution in [0.25, 0.3) is 5.57 Å². The molecule has 1 aromatic rings. The number of dihydropyridines is 1. The van der Waals surface area contributed by atoms with Crippen LogP contribution in [0.1, 0.15) is 5.56 Å². The van der Waals surface area contributed by atoms with Gasteiger partial charge in [0.15, 0.2) is 0 Å². The Morgan fingerprint density at radius 2 is 1.94 bits per heavy atom. The molecular formula is C11H6N2O2S. The molecular weight excluding hydrogens is 224 g/mol. The number of hydrogen-bond donors (Lipinski definition) is 0. The number of fused-ring (bicyclic) bond motifs is 3. The second kappa shape index (κ2) is 3.24. The molecule has 2 heterocycles. The van der Waals surface area contributed by atoms with E-state index in [0.29, 0.717) is 5.71 Å². The zero-order valence-corrected chi connectivity index (χ0v) is 8.90. The minimum absolute atomic E-state index is 0.00806. The molecule has 0 N–H and O–H groups in total. The van der Waals surface area contributed by atoms with Crippen molar-refractivity contribution < 1.29 is 8.42 Å². The molecule has 3 rings (SSSR count). The van der Waals surface area contributed by atoms with Gasteiger partial charge in [-0.05, 0) is 12.1 Å². The van der Waals surface area contributed by atoms with Crippen LogP contribution in [0.3, 0.4) is 0 Å². The fraction of sp³-hybridized carbons (Fsp3) is 0. The Morgan fingerprint density at radius 1 is 1.12 bits per heavy atom. The SMILES string of the molecule is O=S(=O)=C1N=CC=C2C1=Nc1ccccc12. The highest BCUT2D eigenvalue weighted by molar-refractivity contribution is 7.75. The zero-order valence-electron chi connectivity index (χ0n) is 8.08. The summed E-state index contributed by atoms with van der Waals surface area (Å²) in [6.45, 7) is 0. The Morgan fingerprint density at radius 3 is 2.75 bits per heavy atom. The number of rotatable bonds is 0. The molecule has 0 unspecified atom stereocenters. The average molecular weight is 230 g/mol. The lowest BCUT2D eigenvalue weighted by Gasteiger charge is -2.04. The van der Waals surface area contributed by atoms with Crippen LogP contribution in [0, 0.1) is 0 Å². The summed E-state index contributed by atoms with van der Waals surface area (Å²) < 4.78 is 22.0. The number of nitrogens with zero attached hydrogens (tertiary/aromatic N) is 2. The third-order valence-corrected chi connectivity index (χ3v) is 3.09. The lowest BCUT2D eigenvalue weighted by molar-refractivity contribution is 0.627. The van der Waals surface area contributed by atoms with Crippen molar-refractivity contribution in [2.75, 3.05) is 0 Å². The van der Waals surface area contributed by atoms with Crippen LogP contribution in [0.2, 0.25) is 0 Å². The van der Waals surface area contributed by atoms with Crippen molar-refractivity contribution in [3.63, 3.8) is 0 Å². The molecule has 0 aliphatic carbocycles. The molecule has 0 fully saturated rings. The summed E-state index contributed by atoms with van der Waals surface area (Å²) >= 11 is 0. The normalized spacial score (nSPS) is 16.4. The van der Waals surface area contributed by atoms with Crippen molar-refractivity contribution in [3.05, 3.63) is 35.9 Å². The Bertz CT molecular complexity index is 701. The monoisotopic (exact) mass is 230 g/mol. The molecule has 0 saturated heterocycles. The first-order valence-electron chi connectivity index (χ1n) is 4.67. The zero-order chi connectivity index (χ0) is 11.1. The molecule has 16 heavy (non-hydrogen) atoms. The first-order valence-corrected chi connectivity index (χ1v) is 5.74. The number of benzene rings is 1. The quantitative estimate of drug-likeness (QED) is 0.630. The van der Waals surface area contributed by atoms with E-state index in [0.717, 1.165) is 16.8 Å². The Kier molecular flexibility index (Phi) is 1.87. The van der Waals surface area contributed by atoms with Crippen LogP contribution < -0.4 is 0 Å².